The first kappa shape index (κ1) is 17.2. The molecule has 0 unspecified atom stereocenters. The summed E-state index contributed by atoms with van der Waals surface area (Å²) >= 11 is 12.2. The minimum atomic E-state index is 0. The van der Waals surface area contributed by atoms with E-state index in [4.69, 9.17) is 27.9 Å². The molecule has 0 aliphatic carbocycles. The molecule has 1 heterocycles. The lowest BCUT2D eigenvalue weighted by atomic mass is 10.2. The summed E-state index contributed by atoms with van der Waals surface area (Å²) in [5.74, 6) is 1.37. The van der Waals surface area contributed by atoms with E-state index in [1.54, 1.807) is 12.1 Å². The first-order chi connectivity index (χ1) is 10.2. The van der Waals surface area contributed by atoms with Gasteiger partial charge in [-0.2, -0.15) is 0 Å². The van der Waals surface area contributed by atoms with Crippen LogP contribution in [-0.2, 0) is 0 Å². The van der Waals surface area contributed by atoms with Crippen molar-refractivity contribution in [2.24, 2.45) is 0 Å². The van der Waals surface area contributed by atoms with Crippen LogP contribution in [0, 0.1) is 0 Å². The van der Waals surface area contributed by atoms with E-state index in [1.807, 2.05) is 30.3 Å². The van der Waals surface area contributed by atoms with E-state index in [2.05, 4.69) is 10.2 Å². The quantitative estimate of drug-likeness (QED) is 0.865. The number of nitrogens with zero attached hydrogens (tertiary/aromatic N) is 1. The lowest BCUT2D eigenvalue weighted by Crippen LogP contribution is -2.43. The van der Waals surface area contributed by atoms with Crippen molar-refractivity contribution in [2.45, 2.75) is 0 Å². The van der Waals surface area contributed by atoms with E-state index in [9.17, 15) is 0 Å². The number of halogens is 3. The number of rotatable bonds is 3. The average Bonchev–Trinajstić information content (AvgIpc) is 2.52. The summed E-state index contributed by atoms with van der Waals surface area (Å²) in [5, 5.41) is 4.63. The van der Waals surface area contributed by atoms with Crippen molar-refractivity contribution in [3.8, 4) is 11.5 Å². The van der Waals surface area contributed by atoms with E-state index in [0.717, 1.165) is 37.6 Å². The van der Waals surface area contributed by atoms with Crippen LogP contribution in [0.15, 0.2) is 42.5 Å². The highest BCUT2D eigenvalue weighted by molar-refractivity contribution is 6.32. The third-order valence-corrected chi connectivity index (χ3v) is 3.99. The molecule has 2 aromatic rings. The van der Waals surface area contributed by atoms with Gasteiger partial charge in [-0.05, 0) is 42.5 Å². The van der Waals surface area contributed by atoms with Crippen molar-refractivity contribution in [1.82, 2.24) is 5.32 Å². The molecule has 1 saturated heterocycles. The molecule has 0 atom stereocenters. The molecular weight excluding hydrogens is 343 g/mol. The van der Waals surface area contributed by atoms with Gasteiger partial charge in [0.15, 0.2) is 0 Å². The molecule has 0 saturated carbocycles. The van der Waals surface area contributed by atoms with Gasteiger partial charge in [-0.1, -0.05) is 23.2 Å². The molecule has 1 aliphatic rings. The summed E-state index contributed by atoms with van der Waals surface area (Å²) < 4.78 is 5.79. The number of hydrogen-bond acceptors (Lipinski definition) is 3. The van der Waals surface area contributed by atoms with Gasteiger partial charge in [-0.25, -0.2) is 0 Å². The van der Waals surface area contributed by atoms with Crippen LogP contribution in [0.3, 0.4) is 0 Å². The number of hydrogen-bond donors (Lipinski definition) is 1. The van der Waals surface area contributed by atoms with Gasteiger partial charge in [0, 0.05) is 36.9 Å². The number of benzene rings is 2. The summed E-state index contributed by atoms with van der Waals surface area (Å²) in [5.41, 5.74) is 1.13. The molecule has 0 bridgehead atoms. The Bertz CT molecular complexity index is 613. The molecule has 0 radical (unpaired) electrons. The predicted molar refractivity (Wildman–Crippen MR) is 95.3 cm³/mol. The van der Waals surface area contributed by atoms with Crippen molar-refractivity contribution in [3.05, 3.63) is 52.5 Å². The Morgan fingerprint density at radius 3 is 2.27 bits per heavy atom. The number of nitrogens with one attached hydrogen (secondary N) is 1. The van der Waals surface area contributed by atoms with Gasteiger partial charge in [0.25, 0.3) is 0 Å². The van der Waals surface area contributed by atoms with Crippen molar-refractivity contribution in [2.75, 3.05) is 31.1 Å². The maximum Gasteiger partial charge on any atom is 0.146 e. The fourth-order valence-electron chi connectivity index (χ4n) is 2.32. The highest BCUT2D eigenvalue weighted by atomic mass is 35.5. The number of anilines is 1. The minimum Gasteiger partial charge on any atom is -0.456 e. The molecule has 3 nitrogen and oxygen atoms in total. The van der Waals surface area contributed by atoms with Gasteiger partial charge in [0.05, 0.1) is 5.02 Å². The zero-order valence-corrected chi connectivity index (χ0v) is 14.2. The van der Waals surface area contributed by atoms with Crippen LogP contribution >= 0.6 is 35.6 Å². The molecular formula is C16H17Cl3N2O. The number of ether oxygens (including phenoxy) is 1. The Labute approximate surface area is 146 Å². The van der Waals surface area contributed by atoms with E-state index in [-0.39, 0.29) is 12.4 Å². The molecule has 3 rings (SSSR count). The molecule has 22 heavy (non-hydrogen) atoms. The van der Waals surface area contributed by atoms with E-state index < -0.39 is 0 Å². The fourth-order valence-corrected chi connectivity index (χ4v) is 2.66. The highest BCUT2D eigenvalue weighted by Gasteiger charge is 2.12. The smallest absolute Gasteiger partial charge is 0.146 e. The zero-order valence-electron chi connectivity index (χ0n) is 11.9. The molecule has 118 valence electrons. The molecule has 1 N–H and O–H groups in total. The predicted octanol–water partition coefficient (Wildman–Crippen LogP) is 4.62. The Morgan fingerprint density at radius 1 is 0.955 bits per heavy atom. The van der Waals surface area contributed by atoms with Crippen molar-refractivity contribution < 1.29 is 4.74 Å². The van der Waals surface area contributed by atoms with Crippen LogP contribution in [0.4, 0.5) is 5.69 Å². The molecule has 1 fully saturated rings. The third-order valence-electron chi connectivity index (χ3n) is 3.44. The summed E-state index contributed by atoms with van der Waals surface area (Å²) in [7, 11) is 0. The van der Waals surface area contributed by atoms with Gasteiger partial charge in [0.1, 0.15) is 11.5 Å². The fraction of sp³-hybridized carbons (Fsp3) is 0.250. The average molecular weight is 360 g/mol. The van der Waals surface area contributed by atoms with Gasteiger partial charge in [-0.3, -0.25) is 0 Å². The SMILES string of the molecule is Cl.Clc1ccc(Oc2ccc(N3CCNCC3)cc2Cl)cc1. The molecule has 1 aliphatic heterocycles. The standard InChI is InChI=1S/C16H16Cl2N2O.ClH/c17-12-1-4-14(5-2-12)21-16-6-3-13(11-15(16)18)20-9-7-19-8-10-20;/h1-6,11,19H,7-10H2;1H. The largest absolute Gasteiger partial charge is 0.456 e. The Kier molecular flexibility index (Phi) is 6.21. The first-order valence-electron chi connectivity index (χ1n) is 6.91. The van der Waals surface area contributed by atoms with Crippen LogP contribution in [0.2, 0.25) is 10.0 Å². The van der Waals surface area contributed by atoms with Crippen LogP contribution < -0.4 is 15.0 Å². The second-order valence-electron chi connectivity index (χ2n) is 4.91. The van der Waals surface area contributed by atoms with Gasteiger partial charge in [-0.15, -0.1) is 12.4 Å². The second kappa shape index (κ2) is 7.93. The Balaban J connectivity index is 0.00000176. The van der Waals surface area contributed by atoms with Gasteiger partial charge in [0.2, 0.25) is 0 Å². The van der Waals surface area contributed by atoms with Gasteiger partial charge < -0.3 is 15.0 Å². The summed E-state index contributed by atoms with van der Waals surface area (Å²) in [4.78, 5) is 2.31. The van der Waals surface area contributed by atoms with Crippen molar-refractivity contribution >= 4 is 41.3 Å². The highest BCUT2D eigenvalue weighted by Crippen LogP contribution is 2.33. The summed E-state index contributed by atoms with van der Waals surface area (Å²) in [6.45, 7) is 3.99. The first-order valence-corrected chi connectivity index (χ1v) is 7.66. The molecule has 0 aromatic heterocycles. The summed E-state index contributed by atoms with van der Waals surface area (Å²) in [6, 6.07) is 13.1. The van der Waals surface area contributed by atoms with E-state index in [1.165, 1.54) is 0 Å². The maximum atomic E-state index is 6.34. The lowest BCUT2D eigenvalue weighted by molar-refractivity contribution is 0.483. The minimum absolute atomic E-state index is 0. The zero-order chi connectivity index (χ0) is 14.7. The third kappa shape index (κ3) is 4.20. The van der Waals surface area contributed by atoms with Crippen LogP contribution in [0.5, 0.6) is 11.5 Å². The molecule has 2 aromatic carbocycles. The molecule has 0 spiro atoms. The van der Waals surface area contributed by atoms with Crippen molar-refractivity contribution in [3.63, 3.8) is 0 Å². The monoisotopic (exact) mass is 358 g/mol. The van der Waals surface area contributed by atoms with Crippen LogP contribution in [-0.4, -0.2) is 26.2 Å². The summed E-state index contributed by atoms with van der Waals surface area (Å²) in [6.07, 6.45) is 0. The Hall–Kier alpha value is -1.13. The van der Waals surface area contributed by atoms with Crippen LogP contribution in [0.1, 0.15) is 0 Å². The van der Waals surface area contributed by atoms with Crippen LogP contribution in [0.25, 0.3) is 0 Å². The Morgan fingerprint density at radius 2 is 1.64 bits per heavy atom. The van der Waals surface area contributed by atoms with E-state index >= 15 is 0 Å². The number of piperazine rings is 1. The molecule has 6 heteroatoms. The second-order valence-corrected chi connectivity index (χ2v) is 5.75. The van der Waals surface area contributed by atoms with E-state index in [0.29, 0.717) is 15.8 Å². The maximum absolute atomic E-state index is 6.34. The lowest BCUT2D eigenvalue weighted by Gasteiger charge is -2.29. The van der Waals surface area contributed by atoms with Crippen molar-refractivity contribution in [1.29, 1.82) is 0 Å². The topological polar surface area (TPSA) is 24.5 Å². The van der Waals surface area contributed by atoms with Gasteiger partial charge >= 0.3 is 0 Å². The normalized spacial score (nSPS) is 14.4. The molecule has 0 amide bonds.